The van der Waals surface area contributed by atoms with E-state index in [0.29, 0.717) is 18.8 Å². The van der Waals surface area contributed by atoms with Crippen LogP contribution in [-0.2, 0) is 11.3 Å². The average Bonchev–Trinajstić information content (AvgIpc) is 2.32. The number of phenols is 1. The maximum absolute atomic E-state index is 11.7. The Morgan fingerprint density at radius 3 is 2.53 bits per heavy atom. The lowest BCUT2D eigenvalue weighted by atomic mass is 10.2. The van der Waals surface area contributed by atoms with E-state index in [1.165, 1.54) is 0 Å². The molecule has 0 bridgehead atoms. The fourth-order valence-electron chi connectivity index (χ4n) is 1.52. The maximum atomic E-state index is 11.7. The molecule has 0 aliphatic rings. The highest BCUT2D eigenvalue weighted by Crippen LogP contribution is 2.12. The molecule has 3 nitrogen and oxygen atoms in total. The zero-order chi connectivity index (χ0) is 12.7. The van der Waals surface area contributed by atoms with Gasteiger partial charge in [-0.2, -0.15) is 0 Å². The molecule has 0 saturated carbocycles. The molecule has 0 aromatic heterocycles. The van der Waals surface area contributed by atoms with Gasteiger partial charge in [0.2, 0.25) is 5.91 Å². The first-order valence-corrected chi connectivity index (χ1v) is 6.25. The molecule has 94 valence electrons. The average molecular weight is 256 g/mol. The number of aromatic hydroxyl groups is 1. The first-order valence-electron chi connectivity index (χ1n) is 5.71. The minimum absolute atomic E-state index is 0.128. The summed E-state index contributed by atoms with van der Waals surface area (Å²) in [5.74, 6) is 0.975. The van der Waals surface area contributed by atoms with Crippen molar-refractivity contribution in [3.63, 3.8) is 0 Å². The lowest BCUT2D eigenvalue weighted by Crippen LogP contribution is -2.25. The summed E-state index contributed by atoms with van der Waals surface area (Å²) in [6.45, 7) is 0.569. The summed E-state index contributed by atoms with van der Waals surface area (Å²) in [5, 5.41) is 9.15. The Hall–Kier alpha value is -1.22. The number of nitrogens with zero attached hydrogens (tertiary/aromatic N) is 1. The van der Waals surface area contributed by atoms with E-state index < -0.39 is 0 Å². The minimum atomic E-state index is 0.128. The number of amides is 1. The zero-order valence-electron chi connectivity index (χ0n) is 10.0. The van der Waals surface area contributed by atoms with Crippen LogP contribution >= 0.6 is 11.6 Å². The summed E-state index contributed by atoms with van der Waals surface area (Å²) in [6.07, 6.45) is 2.25. The Labute approximate surface area is 107 Å². The standard InChI is InChI=1S/C13H18ClNO2/c1-15(13(17)4-2-3-9-14)10-11-5-7-12(16)8-6-11/h5-8,16H,2-4,9-10H2,1H3. The SMILES string of the molecule is CN(Cc1ccc(O)cc1)C(=O)CCCCCl. The number of unbranched alkanes of at least 4 members (excludes halogenated alkanes) is 1. The third-order valence-electron chi connectivity index (χ3n) is 2.56. The van der Waals surface area contributed by atoms with Crippen molar-refractivity contribution in [3.8, 4) is 5.75 Å². The molecule has 17 heavy (non-hydrogen) atoms. The fourth-order valence-corrected chi connectivity index (χ4v) is 1.71. The molecule has 1 aromatic carbocycles. The van der Waals surface area contributed by atoms with Crippen LogP contribution in [-0.4, -0.2) is 28.8 Å². The highest BCUT2D eigenvalue weighted by molar-refractivity contribution is 6.17. The lowest BCUT2D eigenvalue weighted by Gasteiger charge is -2.17. The van der Waals surface area contributed by atoms with Crippen LogP contribution in [0.2, 0.25) is 0 Å². The van der Waals surface area contributed by atoms with E-state index in [2.05, 4.69) is 0 Å². The summed E-state index contributed by atoms with van der Waals surface area (Å²) in [5.41, 5.74) is 1.01. The van der Waals surface area contributed by atoms with Gasteiger partial charge in [0.15, 0.2) is 0 Å². The van der Waals surface area contributed by atoms with Gasteiger partial charge < -0.3 is 10.0 Å². The van der Waals surface area contributed by atoms with Crippen molar-refractivity contribution in [1.29, 1.82) is 0 Å². The monoisotopic (exact) mass is 255 g/mol. The number of carbonyl (C=O) groups is 1. The summed E-state index contributed by atoms with van der Waals surface area (Å²) >= 11 is 5.56. The molecule has 1 N–H and O–H groups in total. The second-order valence-corrected chi connectivity index (χ2v) is 4.44. The molecular weight excluding hydrogens is 238 g/mol. The van der Waals surface area contributed by atoms with Crippen LogP contribution in [0.5, 0.6) is 5.75 Å². The predicted octanol–water partition coefficient (Wildman–Crippen LogP) is 2.76. The normalized spacial score (nSPS) is 10.2. The van der Waals surface area contributed by atoms with E-state index >= 15 is 0 Å². The van der Waals surface area contributed by atoms with E-state index in [4.69, 9.17) is 16.7 Å². The van der Waals surface area contributed by atoms with E-state index in [1.807, 2.05) is 12.1 Å². The number of phenolic OH excluding ortho intramolecular Hbond substituents is 1. The van der Waals surface area contributed by atoms with Gasteiger partial charge in [-0.05, 0) is 30.5 Å². The molecule has 1 amide bonds. The van der Waals surface area contributed by atoms with Gasteiger partial charge in [-0.25, -0.2) is 0 Å². The molecule has 0 aliphatic heterocycles. The first kappa shape index (κ1) is 13.8. The lowest BCUT2D eigenvalue weighted by molar-refractivity contribution is -0.130. The Balaban J connectivity index is 2.40. The van der Waals surface area contributed by atoms with Crippen molar-refractivity contribution in [3.05, 3.63) is 29.8 Å². The Morgan fingerprint density at radius 2 is 1.94 bits per heavy atom. The zero-order valence-corrected chi connectivity index (χ0v) is 10.8. The highest BCUT2D eigenvalue weighted by Gasteiger charge is 2.08. The van der Waals surface area contributed by atoms with Gasteiger partial charge in [0.1, 0.15) is 5.75 Å². The minimum Gasteiger partial charge on any atom is -0.508 e. The Morgan fingerprint density at radius 1 is 1.29 bits per heavy atom. The van der Waals surface area contributed by atoms with Gasteiger partial charge >= 0.3 is 0 Å². The second kappa shape index (κ2) is 7.17. The number of benzene rings is 1. The molecular formula is C13H18ClNO2. The van der Waals surface area contributed by atoms with Crippen LogP contribution in [0, 0.1) is 0 Å². The highest BCUT2D eigenvalue weighted by atomic mass is 35.5. The van der Waals surface area contributed by atoms with E-state index in [0.717, 1.165) is 18.4 Å². The van der Waals surface area contributed by atoms with Crippen LogP contribution in [0.3, 0.4) is 0 Å². The molecule has 0 saturated heterocycles. The molecule has 0 fully saturated rings. The molecule has 4 heteroatoms. The topological polar surface area (TPSA) is 40.5 Å². The van der Waals surface area contributed by atoms with Crippen molar-refractivity contribution in [2.75, 3.05) is 12.9 Å². The number of alkyl halides is 1. The van der Waals surface area contributed by atoms with Crippen molar-refractivity contribution < 1.29 is 9.90 Å². The molecule has 0 radical (unpaired) electrons. The maximum Gasteiger partial charge on any atom is 0.222 e. The van der Waals surface area contributed by atoms with Crippen molar-refractivity contribution in [2.24, 2.45) is 0 Å². The smallest absolute Gasteiger partial charge is 0.222 e. The molecule has 1 rings (SSSR count). The van der Waals surface area contributed by atoms with Gasteiger partial charge in [0.05, 0.1) is 0 Å². The van der Waals surface area contributed by atoms with Crippen molar-refractivity contribution in [2.45, 2.75) is 25.8 Å². The first-order chi connectivity index (χ1) is 8.13. The van der Waals surface area contributed by atoms with Gasteiger partial charge in [-0.3, -0.25) is 4.79 Å². The summed E-state index contributed by atoms with van der Waals surface area (Å²) < 4.78 is 0. The van der Waals surface area contributed by atoms with Crippen LogP contribution < -0.4 is 0 Å². The number of rotatable bonds is 6. The molecule has 0 unspecified atom stereocenters. The Kier molecular flexibility index (Phi) is 5.84. The third kappa shape index (κ3) is 5.09. The van der Waals surface area contributed by atoms with E-state index in [-0.39, 0.29) is 11.7 Å². The summed E-state index contributed by atoms with van der Waals surface area (Å²) in [7, 11) is 1.79. The van der Waals surface area contributed by atoms with Crippen LogP contribution in [0.15, 0.2) is 24.3 Å². The third-order valence-corrected chi connectivity index (χ3v) is 2.82. The van der Waals surface area contributed by atoms with Gasteiger partial charge in [-0.15, -0.1) is 11.6 Å². The van der Waals surface area contributed by atoms with Crippen molar-refractivity contribution >= 4 is 17.5 Å². The predicted molar refractivity (Wildman–Crippen MR) is 69.2 cm³/mol. The molecule has 0 spiro atoms. The number of hydrogen-bond donors (Lipinski definition) is 1. The second-order valence-electron chi connectivity index (χ2n) is 4.06. The summed E-state index contributed by atoms with van der Waals surface area (Å²) in [4.78, 5) is 13.4. The quantitative estimate of drug-likeness (QED) is 0.627. The molecule has 0 heterocycles. The summed E-state index contributed by atoms with van der Waals surface area (Å²) in [6, 6.07) is 6.89. The molecule has 1 aromatic rings. The van der Waals surface area contributed by atoms with E-state index in [9.17, 15) is 4.79 Å². The number of halogens is 1. The van der Waals surface area contributed by atoms with Crippen molar-refractivity contribution in [1.82, 2.24) is 4.90 Å². The molecule has 0 aliphatic carbocycles. The number of hydrogen-bond acceptors (Lipinski definition) is 2. The van der Waals surface area contributed by atoms with Crippen LogP contribution in [0.1, 0.15) is 24.8 Å². The van der Waals surface area contributed by atoms with Crippen LogP contribution in [0.25, 0.3) is 0 Å². The largest absolute Gasteiger partial charge is 0.508 e. The van der Waals surface area contributed by atoms with E-state index in [1.54, 1.807) is 24.1 Å². The van der Waals surface area contributed by atoms with Crippen LogP contribution in [0.4, 0.5) is 0 Å². The Bertz CT molecular complexity index is 351. The number of carbonyl (C=O) groups excluding carboxylic acids is 1. The van der Waals surface area contributed by atoms with Gasteiger partial charge in [0, 0.05) is 25.9 Å². The van der Waals surface area contributed by atoms with Gasteiger partial charge in [-0.1, -0.05) is 12.1 Å². The van der Waals surface area contributed by atoms with Gasteiger partial charge in [0.25, 0.3) is 0 Å². The molecule has 0 atom stereocenters. The fraction of sp³-hybridized carbons (Fsp3) is 0.462.